The number of aromatic nitrogens is 1. The van der Waals surface area contributed by atoms with E-state index in [0.29, 0.717) is 6.54 Å². The molecule has 0 aliphatic rings. The van der Waals surface area contributed by atoms with Crippen molar-refractivity contribution in [3.05, 3.63) is 69.3 Å². The Kier molecular flexibility index (Phi) is 4.13. The van der Waals surface area contributed by atoms with E-state index in [4.69, 9.17) is 11.6 Å². The van der Waals surface area contributed by atoms with Crippen molar-refractivity contribution in [2.24, 2.45) is 0 Å². The van der Waals surface area contributed by atoms with Crippen LogP contribution < -0.4 is 5.32 Å². The third-order valence-electron chi connectivity index (χ3n) is 3.44. The van der Waals surface area contributed by atoms with Gasteiger partial charge in [-0.25, -0.2) is 0 Å². The molecule has 0 aliphatic carbocycles. The molecule has 0 saturated heterocycles. The van der Waals surface area contributed by atoms with Crippen LogP contribution in [-0.4, -0.2) is 4.98 Å². The van der Waals surface area contributed by atoms with E-state index >= 15 is 0 Å². The fourth-order valence-corrected chi connectivity index (χ4v) is 2.75. The van der Waals surface area contributed by atoms with Gasteiger partial charge in [-0.1, -0.05) is 33.6 Å². The number of nitrogens with one attached hydrogen (secondary N) is 1. The highest BCUT2D eigenvalue weighted by atomic mass is 79.9. The second kappa shape index (κ2) is 6.04. The van der Waals surface area contributed by atoms with Crippen LogP contribution in [0.25, 0.3) is 10.9 Å². The molecular formula is C17H14BrClN2. The fraction of sp³-hybridized carbons (Fsp3) is 0.118. The van der Waals surface area contributed by atoms with E-state index in [2.05, 4.69) is 51.4 Å². The molecule has 1 aromatic heterocycles. The lowest BCUT2D eigenvalue weighted by Crippen LogP contribution is -2.01. The Hall–Kier alpha value is -1.58. The summed E-state index contributed by atoms with van der Waals surface area (Å²) in [6.45, 7) is 2.79. The summed E-state index contributed by atoms with van der Waals surface area (Å²) in [4.78, 5) is 4.45. The zero-order chi connectivity index (χ0) is 14.8. The van der Waals surface area contributed by atoms with E-state index in [1.165, 1.54) is 5.56 Å². The number of nitrogens with zero attached hydrogens (tertiary/aromatic N) is 1. The first-order chi connectivity index (χ1) is 10.1. The maximum Gasteiger partial charge on any atom is 0.0766 e. The molecule has 2 aromatic carbocycles. The molecule has 0 bridgehead atoms. The van der Waals surface area contributed by atoms with Gasteiger partial charge in [0.1, 0.15) is 0 Å². The number of benzene rings is 2. The van der Waals surface area contributed by atoms with Gasteiger partial charge in [-0.3, -0.25) is 4.98 Å². The van der Waals surface area contributed by atoms with Crippen LogP contribution in [0, 0.1) is 6.92 Å². The van der Waals surface area contributed by atoms with E-state index in [9.17, 15) is 0 Å². The van der Waals surface area contributed by atoms with E-state index in [0.717, 1.165) is 31.6 Å². The summed E-state index contributed by atoms with van der Waals surface area (Å²) >= 11 is 9.73. The van der Waals surface area contributed by atoms with Crippen LogP contribution in [0.2, 0.25) is 5.02 Å². The van der Waals surface area contributed by atoms with Gasteiger partial charge in [-0.15, -0.1) is 0 Å². The van der Waals surface area contributed by atoms with Crippen LogP contribution >= 0.6 is 27.5 Å². The van der Waals surface area contributed by atoms with E-state index in [1.54, 1.807) is 6.20 Å². The molecule has 0 spiro atoms. The lowest BCUT2D eigenvalue weighted by Gasteiger charge is -2.10. The van der Waals surface area contributed by atoms with Crippen LogP contribution in [0.15, 0.2) is 53.1 Å². The van der Waals surface area contributed by atoms with E-state index < -0.39 is 0 Å². The normalized spacial score (nSPS) is 10.8. The number of halogens is 2. The molecule has 0 fully saturated rings. The maximum absolute atomic E-state index is 6.22. The molecule has 3 rings (SSSR count). The van der Waals surface area contributed by atoms with E-state index in [1.807, 2.05) is 24.3 Å². The summed E-state index contributed by atoms with van der Waals surface area (Å²) < 4.78 is 1.12. The van der Waals surface area contributed by atoms with Crippen LogP contribution in [0.3, 0.4) is 0 Å². The maximum atomic E-state index is 6.22. The Bertz CT molecular complexity index is 802. The molecule has 0 amide bonds. The number of aryl methyl sites for hydroxylation is 1. The second-order valence-corrected chi connectivity index (χ2v) is 6.19. The van der Waals surface area contributed by atoms with Crippen molar-refractivity contribution >= 4 is 44.1 Å². The Morgan fingerprint density at radius 2 is 2.05 bits per heavy atom. The van der Waals surface area contributed by atoms with Crippen molar-refractivity contribution < 1.29 is 0 Å². The summed E-state index contributed by atoms with van der Waals surface area (Å²) in [6, 6.07) is 14.1. The molecule has 4 heteroatoms. The first-order valence-corrected chi connectivity index (χ1v) is 7.84. The summed E-state index contributed by atoms with van der Waals surface area (Å²) in [7, 11) is 0. The van der Waals surface area contributed by atoms with E-state index in [-0.39, 0.29) is 0 Å². The van der Waals surface area contributed by atoms with Gasteiger partial charge in [0, 0.05) is 33.3 Å². The van der Waals surface area contributed by atoms with Gasteiger partial charge in [0.25, 0.3) is 0 Å². The first-order valence-electron chi connectivity index (χ1n) is 6.67. The molecule has 21 heavy (non-hydrogen) atoms. The zero-order valence-electron chi connectivity index (χ0n) is 11.5. The Morgan fingerprint density at radius 3 is 2.86 bits per heavy atom. The predicted octanol–water partition coefficient (Wildman–Crippen LogP) is 5.57. The van der Waals surface area contributed by atoms with Gasteiger partial charge in [-0.2, -0.15) is 0 Å². The minimum atomic E-state index is 0.714. The molecule has 0 saturated carbocycles. The Balaban J connectivity index is 1.88. The molecule has 2 nitrogen and oxygen atoms in total. The summed E-state index contributed by atoms with van der Waals surface area (Å²) in [5.74, 6) is 0. The van der Waals surface area contributed by atoms with Crippen LogP contribution in [0.1, 0.15) is 11.1 Å². The quantitative estimate of drug-likeness (QED) is 0.659. The smallest absolute Gasteiger partial charge is 0.0766 e. The monoisotopic (exact) mass is 360 g/mol. The number of pyridine rings is 1. The van der Waals surface area contributed by atoms with Gasteiger partial charge < -0.3 is 5.32 Å². The molecule has 0 unspecified atom stereocenters. The van der Waals surface area contributed by atoms with Crippen molar-refractivity contribution in [1.29, 1.82) is 0 Å². The van der Waals surface area contributed by atoms with Crippen LogP contribution in [-0.2, 0) is 6.54 Å². The third kappa shape index (κ3) is 3.04. The molecule has 0 aliphatic heterocycles. The van der Waals surface area contributed by atoms with Gasteiger partial charge in [-0.05, 0) is 54.4 Å². The average Bonchev–Trinajstić information content (AvgIpc) is 2.50. The molecule has 0 atom stereocenters. The highest BCUT2D eigenvalue weighted by Crippen LogP contribution is 2.26. The van der Waals surface area contributed by atoms with Crippen LogP contribution in [0.5, 0.6) is 0 Å². The highest BCUT2D eigenvalue weighted by Gasteiger charge is 2.06. The number of anilines is 1. The number of fused-ring (bicyclic) bond motifs is 1. The van der Waals surface area contributed by atoms with Gasteiger partial charge >= 0.3 is 0 Å². The first kappa shape index (κ1) is 14.4. The van der Waals surface area contributed by atoms with Crippen molar-refractivity contribution in [2.75, 3.05) is 5.32 Å². The zero-order valence-corrected chi connectivity index (χ0v) is 13.9. The minimum Gasteiger partial charge on any atom is -0.381 e. The number of rotatable bonds is 3. The number of hydrogen-bond donors (Lipinski definition) is 1. The predicted molar refractivity (Wildman–Crippen MR) is 93.0 cm³/mol. The molecular weight excluding hydrogens is 348 g/mol. The van der Waals surface area contributed by atoms with Crippen LogP contribution in [0.4, 0.5) is 5.69 Å². The Morgan fingerprint density at radius 1 is 1.19 bits per heavy atom. The largest absolute Gasteiger partial charge is 0.381 e. The third-order valence-corrected chi connectivity index (χ3v) is 4.66. The molecule has 3 aromatic rings. The number of hydrogen-bond acceptors (Lipinski definition) is 2. The van der Waals surface area contributed by atoms with Crippen molar-refractivity contribution in [1.82, 2.24) is 4.98 Å². The summed E-state index contributed by atoms with van der Waals surface area (Å²) in [5.41, 5.74) is 4.38. The molecule has 0 radical (unpaired) electrons. The van der Waals surface area contributed by atoms with Gasteiger partial charge in [0.2, 0.25) is 0 Å². The molecule has 1 N–H and O–H groups in total. The SMILES string of the molecule is Cc1cc(NCc2ccc(Cl)c3cccnc23)ccc1Br. The van der Waals surface area contributed by atoms with Crippen molar-refractivity contribution in [3.63, 3.8) is 0 Å². The summed E-state index contributed by atoms with van der Waals surface area (Å²) in [6.07, 6.45) is 1.80. The molecule has 106 valence electrons. The van der Waals surface area contributed by atoms with Gasteiger partial charge in [0.05, 0.1) is 5.52 Å². The minimum absolute atomic E-state index is 0.714. The highest BCUT2D eigenvalue weighted by molar-refractivity contribution is 9.10. The van der Waals surface area contributed by atoms with Crippen molar-refractivity contribution in [3.8, 4) is 0 Å². The lowest BCUT2D eigenvalue weighted by molar-refractivity contribution is 1.15. The average molecular weight is 362 g/mol. The Labute approximate surface area is 137 Å². The summed E-state index contributed by atoms with van der Waals surface area (Å²) in [5, 5.41) is 5.17. The second-order valence-electron chi connectivity index (χ2n) is 4.92. The lowest BCUT2D eigenvalue weighted by atomic mass is 10.1. The fourth-order valence-electron chi connectivity index (χ4n) is 2.29. The standard InChI is InChI=1S/C17H14BrClN2/c1-11-9-13(5-6-15(11)18)21-10-12-4-7-16(19)14-3-2-8-20-17(12)14/h2-9,21H,10H2,1H3. The molecule has 1 heterocycles. The topological polar surface area (TPSA) is 24.9 Å². The van der Waals surface area contributed by atoms with Crippen molar-refractivity contribution in [2.45, 2.75) is 13.5 Å². The van der Waals surface area contributed by atoms with Gasteiger partial charge in [0.15, 0.2) is 0 Å².